The van der Waals surface area contributed by atoms with Crippen molar-refractivity contribution in [2.24, 2.45) is 0 Å². The van der Waals surface area contributed by atoms with Crippen LogP contribution in [0.5, 0.6) is 5.75 Å². The second-order valence-electron chi connectivity index (χ2n) is 8.71. The van der Waals surface area contributed by atoms with E-state index in [1.807, 2.05) is 19.1 Å². The van der Waals surface area contributed by atoms with E-state index >= 15 is 0 Å². The predicted molar refractivity (Wildman–Crippen MR) is 142 cm³/mol. The molecule has 0 bridgehead atoms. The van der Waals surface area contributed by atoms with Crippen molar-refractivity contribution in [3.8, 4) is 5.75 Å². The smallest absolute Gasteiger partial charge is 0.157 e. The second-order valence-corrected chi connectivity index (χ2v) is 9.52. The van der Waals surface area contributed by atoms with Gasteiger partial charge in [0.1, 0.15) is 23.1 Å². The average molecular weight is 509 g/mol. The molecule has 4 N–H and O–H groups in total. The van der Waals surface area contributed by atoms with Crippen molar-refractivity contribution < 1.29 is 4.74 Å². The number of ether oxygens (including phenoxy) is 1. The fourth-order valence-electron chi connectivity index (χ4n) is 4.55. The minimum Gasteiger partial charge on any atom is -0.486 e. The zero-order valence-corrected chi connectivity index (χ0v) is 20.8. The van der Waals surface area contributed by atoms with Crippen LogP contribution in [0.15, 0.2) is 48.8 Å². The molecule has 1 unspecified atom stereocenters. The fourth-order valence-corrected chi connectivity index (χ4v) is 5.22. The number of fused-ring (bicyclic) bond motifs is 1. The Hall–Kier alpha value is -3.29. The lowest BCUT2D eigenvalue weighted by molar-refractivity contribution is 0.227. The maximum absolute atomic E-state index is 8.88. The Labute approximate surface area is 213 Å². The highest BCUT2D eigenvalue weighted by atomic mass is 35.5. The molecule has 180 valence electrons. The molecule has 2 aromatic carbocycles. The molecule has 0 spiro atoms. The molecule has 7 nitrogen and oxygen atoms in total. The molecule has 0 saturated carbocycles. The van der Waals surface area contributed by atoms with Crippen LogP contribution in [0, 0.1) is 5.41 Å². The number of aromatic amines is 1. The first-order valence-electron chi connectivity index (χ1n) is 11.6. The third kappa shape index (κ3) is 4.66. The third-order valence-electron chi connectivity index (χ3n) is 6.33. The highest BCUT2D eigenvalue weighted by Crippen LogP contribution is 2.34. The lowest BCUT2D eigenvalue weighted by atomic mass is 10.1. The number of nitrogens with two attached hydrogens (primary N) is 1. The van der Waals surface area contributed by atoms with Gasteiger partial charge in [0.25, 0.3) is 0 Å². The summed E-state index contributed by atoms with van der Waals surface area (Å²) in [6.07, 6.45) is 6.27. The van der Waals surface area contributed by atoms with E-state index in [0.717, 1.165) is 29.8 Å². The lowest BCUT2D eigenvalue weighted by Gasteiger charge is -2.28. The molecular weight excluding hydrogens is 483 g/mol. The number of rotatable bonds is 6. The molecule has 9 heteroatoms. The van der Waals surface area contributed by atoms with Gasteiger partial charge in [0, 0.05) is 42.3 Å². The van der Waals surface area contributed by atoms with Crippen LogP contribution in [0.25, 0.3) is 11.0 Å². The summed E-state index contributed by atoms with van der Waals surface area (Å²) in [4.78, 5) is 14.5. The number of para-hydroxylation sites is 1. The summed E-state index contributed by atoms with van der Waals surface area (Å²) in [6.45, 7) is 3.90. The largest absolute Gasteiger partial charge is 0.486 e. The number of hydrogen-bond donors (Lipinski definition) is 3. The summed E-state index contributed by atoms with van der Waals surface area (Å²) < 4.78 is 6.11. The Bertz CT molecular complexity index is 1380. The Kier molecular flexibility index (Phi) is 6.54. The van der Waals surface area contributed by atoms with E-state index in [4.69, 9.17) is 44.1 Å². The number of nitrogen functional groups attached to an aromatic ring is 1. The van der Waals surface area contributed by atoms with Crippen LogP contribution in [0.2, 0.25) is 10.0 Å². The van der Waals surface area contributed by atoms with Gasteiger partial charge in [0.15, 0.2) is 5.82 Å². The van der Waals surface area contributed by atoms with Crippen LogP contribution in [-0.2, 0) is 0 Å². The summed E-state index contributed by atoms with van der Waals surface area (Å²) >= 11 is 12.6. The number of hydrogen-bond acceptors (Lipinski definition) is 6. The third-order valence-corrected chi connectivity index (χ3v) is 6.93. The Morgan fingerprint density at radius 3 is 2.60 bits per heavy atom. The van der Waals surface area contributed by atoms with Gasteiger partial charge in [0.2, 0.25) is 0 Å². The monoisotopic (exact) mass is 508 g/mol. The maximum atomic E-state index is 8.88. The number of imidazole rings is 1. The minimum atomic E-state index is -0.429. The van der Waals surface area contributed by atoms with Crippen LogP contribution in [0.1, 0.15) is 49.2 Å². The van der Waals surface area contributed by atoms with E-state index in [-0.39, 0.29) is 5.71 Å². The van der Waals surface area contributed by atoms with Crippen molar-refractivity contribution in [1.29, 1.82) is 5.41 Å². The van der Waals surface area contributed by atoms with E-state index in [1.165, 1.54) is 31.7 Å². The van der Waals surface area contributed by atoms with Gasteiger partial charge in [-0.25, -0.2) is 4.98 Å². The van der Waals surface area contributed by atoms with E-state index in [2.05, 4.69) is 20.9 Å². The first-order valence-corrected chi connectivity index (χ1v) is 12.4. The van der Waals surface area contributed by atoms with Crippen LogP contribution in [0.4, 0.5) is 11.4 Å². The number of benzene rings is 2. The van der Waals surface area contributed by atoms with E-state index in [0.29, 0.717) is 38.4 Å². The zero-order valence-electron chi connectivity index (χ0n) is 19.3. The molecule has 0 aliphatic carbocycles. The molecule has 1 aliphatic rings. The zero-order chi connectivity index (χ0) is 24.5. The number of anilines is 2. The SMILES string of the molecule is CC(Oc1ccc(N)c(C(=N)c2nc3c(N4CCCCC4)cccc3[nH]2)c1)c1c(Cl)cncc1Cl. The summed E-state index contributed by atoms with van der Waals surface area (Å²) in [5.41, 5.74) is 11.0. The first kappa shape index (κ1) is 23.5. The lowest BCUT2D eigenvalue weighted by Crippen LogP contribution is -2.29. The van der Waals surface area contributed by atoms with Gasteiger partial charge >= 0.3 is 0 Å². The molecule has 0 radical (unpaired) electrons. The Morgan fingerprint density at radius 1 is 1.11 bits per heavy atom. The summed E-state index contributed by atoms with van der Waals surface area (Å²) in [5.74, 6) is 1.00. The minimum absolute atomic E-state index is 0.196. The quantitative estimate of drug-likeness (QED) is 0.206. The van der Waals surface area contributed by atoms with Gasteiger partial charge in [-0.15, -0.1) is 0 Å². The normalized spacial score (nSPS) is 14.8. The maximum Gasteiger partial charge on any atom is 0.157 e. The Morgan fingerprint density at radius 2 is 1.86 bits per heavy atom. The van der Waals surface area contributed by atoms with Crippen molar-refractivity contribution in [3.05, 3.63) is 75.8 Å². The standard InChI is InChI=1S/C26H26Cl2N6O/c1-15(23-18(27)13-31-14-19(23)28)35-16-8-9-20(29)17(12-16)24(30)26-32-21-6-5-7-22(25(21)33-26)34-10-3-2-4-11-34/h5-9,12-15,30H,2-4,10-11,29H2,1H3,(H,32,33). The highest BCUT2D eigenvalue weighted by Gasteiger charge is 2.20. The van der Waals surface area contributed by atoms with Gasteiger partial charge < -0.3 is 20.4 Å². The van der Waals surface area contributed by atoms with E-state index in [1.54, 1.807) is 18.2 Å². The van der Waals surface area contributed by atoms with Crippen LogP contribution in [-0.4, -0.2) is 33.8 Å². The number of nitrogens with zero attached hydrogens (tertiary/aromatic N) is 3. The molecule has 1 fully saturated rings. The fraction of sp³-hybridized carbons (Fsp3) is 0.269. The Balaban J connectivity index is 1.44. The van der Waals surface area contributed by atoms with Gasteiger partial charge in [-0.2, -0.15) is 0 Å². The highest BCUT2D eigenvalue weighted by molar-refractivity contribution is 6.35. The molecule has 1 saturated heterocycles. The van der Waals surface area contributed by atoms with Crippen molar-refractivity contribution >= 4 is 51.3 Å². The number of nitrogens with one attached hydrogen (secondary N) is 2. The summed E-state index contributed by atoms with van der Waals surface area (Å²) in [7, 11) is 0. The van der Waals surface area contributed by atoms with Crippen LogP contribution < -0.4 is 15.4 Å². The molecule has 2 aromatic heterocycles. The number of aromatic nitrogens is 3. The van der Waals surface area contributed by atoms with Crippen LogP contribution >= 0.6 is 23.2 Å². The topological polar surface area (TPSA) is 104 Å². The number of pyridine rings is 1. The van der Waals surface area contributed by atoms with Gasteiger partial charge in [-0.1, -0.05) is 29.3 Å². The molecule has 35 heavy (non-hydrogen) atoms. The van der Waals surface area contributed by atoms with Crippen molar-refractivity contribution in [2.45, 2.75) is 32.3 Å². The molecular formula is C26H26Cl2N6O. The predicted octanol–water partition coefficient (Wildman–Crippen LogP) is 6.39. The van der Waals surface area contributed by atoms with Gasteiger partial charge in [-0.05, 0) is 56.5 Å². The molecule has 4 aromatic rings. The molecule has 1 atom stereocenters. The van der Waals surface area contributed by atoms with Gasteiger partial charge in [-0.3, -0.25) is 10.4 Å². The first-order chi connectivity index (χ1) is 16.9. The summed E-state index contributed by atoms with van der Waals surface area (Å²) in [5, 5.41) is 9.74. The number of halogens is 2. The molecule has 0 amide bonds. The second kappa shape index (κ2) is 9.76. The van der Waals surface area contributed by atoms with Crippen LogP contribution in [0.3, 0.4) is 0 Å². The number of piperidine rings is 1. The van der Waals surface area contributed by atoms with Gasteiger partial charge in [0.05, 0.1) is 21.2 Å². The molecule has 1 aliphatic heterocycles. The van der Waals surface area contributed by atoms with Crippen molar-refractivity contribution in [1.82, 2.24) is 15.0 Å². The molecule has 3 heterocycles. The molecule has 5 rings (SSSR count). The van der Waals surface area contributed by atoms with E-state index < -0.39 is 6.10 Å². The van der Waals surface area contributed by atoms with Crippen molar-refractivity contribution in [2.75, 3.05) is 23.7 Å². The number of H-pyrrole nitrogens is 1. The summed E-state index contributed by atoms with van der Waals surface area (Å²) in [6, 6.07) is 11.3. The van der Waals surface area contributed by atoms with Crippen molar-refractivity contribution in [3.63, 3.8) is 0 Å². The van der Waals surface area contributed by atoms with E-state index in [9.17, 15) is 0 Å². The average Bonchev–Trinajstić information content (AvgIpc) is 3.30.